The minimum absolute atomic E-state index is 0.0522. The van der Waals surface area contributed by atoms with E-state index in [2.05, 4.69) is 27.9 Å². The molecule has 0 aliphatic heterocycles. The number of ketones is 1. The predicted octanol–water partition coefficient (Wildman–Crippen LogP) is 9.14. The number of H-pyrrole nitrogens is 1. The average Bonchev–Trinajstić information content (AvgIpc) is 3.62. The topological polar surface area (TPSA) is 196 Å². The van der Waals surface area contributed by atoms with E-state index in [9.17, 15) is 33.7 Å². The Labute approximate surface area is 360 Å². The number of Topliss-reactive ketones (excluding diaryl/α,β-unsaturated/α-hetero) is 1. The third-order valence-electron chi connectivity index (χ3n) is 11.2. The van der Waals surface area contributed by atoms with E-state index >= 15 is 0 Å². The van der Waals surface area contributed by atoms with Crippen molar-refractivity contribution in [2.75, 3.05) is 19.8 Å². The van der Waals surface area contributed by atoms with Gasteiger partial charge in [0.15, 0.2) is 5.78 Å². The normalized spacial score (nSPS) is 14.6. The smallest absolute Gasteiger partial charge is 0.393 e. The van der Waals surface area contributed by atoms with Gasteiger partial charge >= 0.3 is 7.82 Å². The van der Waals surface area contributed by atoms with Gasteiger partial charge in [0.1, 0.15) is 12.1 Å². The lowest BCUT2D eigenvalue weighted by atomic mass is 9.98. The summed E-state index contributed by atoms with van der Waals surface area (Å²) in [5.74, 6) is -1.67. The first-order valence-corrected chi connectivity index (χ1v) is 24.6. The summed E-state index contributed by atoms with van der Waals surface area (Å²) >= 11 is 0. The number of carbonyl (C=O) groups is 4. The first kappa shape index (κ1) is 53.0. The molecule has 0 radical (unpaired) electrons. The number of amides is 3. The molecule has 5 atom stereocenters. The Balaban J connectivity index is 1.71. The molecule has 1 aromatic carbocycles. The zero-order valence-electron chi connectivity index (χ0n) is 37.3. The van der Waals surface area contributed by atoms with Crippen LogP contribution < -0.4 is 16.0 Å². The zero-order chi connectivity index (χ0) is 44.0. The Bertz CT molecular complexity index is 1550. The molecule has 60 heavy (non-hydrogen) atoms. The Morgan fingerprint density at radius 1 is 0.750 bits per heavy atom. The molecule has 0 spiro atoms. The first-order valence-electron chi connectivity index (χ1n) is 23.1. The van der Waals surface area contributed by atoms with Gasteiger partial charge in [0.05, 0.1) is 25.7 Å². The van der Waals surface area contributed by atoms with Gasteiger partial charge in [-0.05, 0) is 43.7 Å². The minimum atomic E-state index is -4.68. The Morgan fingerprint density at radius 2 is 1.33 bits per heavy atom. The van der Waals surface area contributed by atoms with Crippen LogP contribution in [0.3, 0.4) is 0 Å². The molecule has 0 bridgehead atoms. The molecule has 0 fully saturated rings. The van der Waals surface area contributed by atoms with Gasteiger partial charge < -0.3 is 30.9 Å². The maximum absolute atomic E-state index is 13.1. The van der Waals surface area contributed by atoms with Gasteiger partial charge in [-0.3, -0.25) is 28.2 Å². The number of rotatable bonds is 37. The highest BCUT2D eigenvalue weighted by molar-refractivity contribution is 7.47. The van der Waals surface area contributed by atoms with Gasteiger partial charge in [-0.2, -0.15) is 0 Å². The van der Waals surface area contributed by atoms with Crippen molar-refractivity contribution in [1.29, 1.82) is 0 Å². The summed E-state index contributed by atoms with van der Waals surface area (Å²) in [5.41, 5.74) is 1.73. The number of unbranched alkanes of at least 4 members (excludes halogenated alkanes) is 16. The van der Waals surface area contributed by atoms with Gasteiger partial charge in [-0.1, -0.05) is 148 Å². The average molecular weight is 863 g/mol. The highest BCUT2D eigenvalue weighted by atomic mass is 31.2. The molecule has 0 saturated heterocycles. The molecule has 1 heterocycles. The van der Waals surface area contributed by atoms with Gasteiger partial charge in [-0.25, -0.2) is 4.57 Å². The van der Waals surface area contributed by atoms with Crippen LogP contribution in [0.4, 0.5) is 0 Å². The number of fused-ring (bicyclic) bond motifs is 1. The van der Waals surface area contributed by atoms with E-state index in [1.807, 2.05) is 38.1 Å². The van der Waals surface area contributed by atoms with Crippen molar-refractivity contribution in [3.05, 3.63) is 36.0 Å². The third kappa shape index (κ3) is 23.8. The van der Waals surface area contributed by atoms with E-state index in [4.69, 9.17) is 9.05 Å². The molecule has 342 valence electrons. The number of hydrogen-bond donors (Lipinski definition) is 6. The molecular weight excluding hydrogens is 783 g/mol. The number of aromatic nitrogens is 1. The van der Waals surface area contributed by atoms with Crippen molar-refractivity contribution < 1.29 is 42.8 Å². The number of phosphoric acid groups is 1. The summed E-state index contributed by atoms with van der Waals surface area (Å²) in [5, 5.41) is 18.7. The van der Waals surface area contributed by atoms with Crippen LogP contribution in [-0.2, 0) is 39.2 Å². The largest absolute Gasteiger partial charge is 0.472 e. The standard InChI is InChI=1S/C46H79N4O9P/c1-5-7-8-9-10-11-12-13-14-15-16-17-18-19-20-21-22-30-43(53)49-41(42(52)29-25-26-37(4)51)35-59-60(56,57)58-32-31-47-46(55)45(36(3)6-2)50-44(54)33-38-34-48-40-28-24-23-27-39(38)40/h23-24,27-28,34,36-37,41,45,48,51H,5-22,25-26,29-33,35H2,1-4H3,(H,47,55)(H,49,53)(H,50,54)(H,56,57)/t36-,37?,41-,45-/m0/s1. The third-order valence-corrected chi connectivity index (χ3v) is 12.2. The monoisotopic (exact) mass is 863 g/mol. The number of aromatic amines is 1. The second kappa shape index (κ2) is 31.7. The van der Waals surface area contributed by atoms with E-state index in [1.54, 1.807) is 13.1 Å². The van der Waals surface area contributed by atoms with Crippen molar-refractivity contribution in [2.24, 2.45) is 5.92 Å². The summed E-state index contributed by atoms with van der Waals surface area (Å²) in [4.78, 5) is 65.5. The van der Waals surface area contributed by atoms with Gasteiger partial charge in [-0.15, -0.1) is 0 Å². The number of para-hydroxylation sites is 1. The number of nitrogens with one attached hydrogen (secondary N) is 4. The molecule has 0 aliphatic carbocycles. The van der Waals surface area contributed by atoms with Crippen molar-refractivity contribution in [1.82, 2.24) is 20.9 Å². The lowest BCUT2D eigenvalue weighted by molar-refractivity contribution is -0.130. The van der Waals surface area contributed by atoms with Crippen LogP contribution in [0.1, 0.15) is 175 Å². The number of phosphoric ester groups is 1. The van der Waals surface area contributed by atoms with Crippen LogP contribution in [0.15, 0.2) is 30.5 Å². The minimum Gasteiger partial charge on any atom is -0.393 e. The maximum Gasteiger partial charge on any atom is 0.472 e. The highest BCUT2D eigenvalue weighted by Crippen LogP contribution is 2.43. The molecule has 6 N–H and O–H groups in total. The number of carbonyl (C=O) groups excluding carboxylic acids is 4. The molecule has 2 unspecified atom stereocenters. The van der Waals surface area contributed by atoms with Gasteiger partial charge in [0.2, 0.25) is 17.7 Å². The van der Waals surface area contributed by atoms with Crippen molar-refractivity contribution in [2.45, 2.75) is 194 Å². The van der Waals surface area contributed by atoms with E-state index in [0.717, 1.165) is 35.7 Å². The van der Waals surface area contributed by atoms with Gasteiger partial charge in [0.25, 0.3) is 0 Å². The first-order chi connectivity index (χ1) is 28.9. The van der Waals surface area contributed by atoms with E-state index < -0.39 is 38.5 Å². The molecule has 2 rings (SSSR count). The predicted molar refractivity (Wildman–Crippen MR) is 239 cm³/mol. The second-order valence-electron chi connectivity index (χ2n) is 16.6. The van der Waals surface area contributed by atoms with Crippen molar-refractivity contribution in [3.8, 4) is 0 Å². The van der Waals surface area contributed by atoms with Crippen LogP contribution in [0.5, 0.6) is 0 Å². The van der Waals surface area contributed by atoms with Crippen LogP contribution >= 0.6 is 7.82 Å². The number of aliphatic hydroxyl groups excluding tert-OH is 1. The summed E-state index contributed by atoms with van der Waals surface area (Å²) in [6.07, 6.45) is 24.0. The number of aliphatic hydroxyl groups is 1. The van der Waals surface area contributed by atoms with E-state index in [0.29, 0.717) is 25.7 Å². The lowest BCUT2D eigenvalue weighted by Gasteiger charge is -2.24. The Morgan fingerprint density at radius 3 is 1.92 bits per heavy atom. The second-order valence-corrected chi connectivity index (χ2v) is 18.0. The van der Waals surface area contributed by atoms with Crippen LogP contribution in [0.2, 0.25) is 0 Å². The Kier molecular flexibility index (Phi) is 28.0. The molecule has 13 nitrogen and oxygen atoms in total. The zero-order valence-corrected chi connectivity index (χ0v) is 38.2. The fourth-order valence-electron chi connectivity index (χ4n) is 7.27. The van der Waals surface area contributed by atoms with Crippen molar-refractivity contribution >= 4 is 42.2 Å². The number of hydrogen-bond acceptors (Lipinski definition) is 8. The van der Waals surface area contributed by atoms with Crippen molar-refractivity contribution in [3.63, 3.8) is 0 Å². The fourth-order valence-corrected chi connectivity index (χ4v) is 8.00. The fraction of sp³-hybridized carbons (Fsp3) is 0.739. The quantitative estimate of drug-likeness (QED) is 0.0284. The molecule has 2 aromatic rings. The maximum atomic E-state index is 13.1. The van der Waals surface area contributed by atoms with E-state index in [-0.39, 0.29) is 55.9 Å². The summed E-state index contributed by atoms with van der Waals surface area (Å²) in [6, 6.07) is 5.65. The van der Waals surface area contributed by atoms with E-state index in [1.165, 1.54) is 83.5 Å². The van der Waals surface area contributed by atoms with Crippen LogP contribution in [0.25, 0.3) is 10.9 Å². The SMILES string of the molecule is CCCCCCCCCCCCCCCCCCCC(=O)N[C@@H](COP(=O)(O)OCCNC(=O)[C@@H](NC(=O)Cc1c[nH]c2ccccc12)[C@@H](C)CC)C(=O)CCCC(C)O. The molecule has 3 amide bonds. The summed E-state index contributed by atoms with van der Waals surface area (Å²) in [7, 11) is -4.68. The summed E-state index contributed by atoms with van der Waals surface area (Å²) in [6.45, 7) is 6.55. The highest BCUT2D eigenvalue weighted by Gasteiger charge is 2.29. The molecule has 14 heteroatoms. The lowest BCUT2D eigenvalue weighted by Crippen LogP contribution is -2.51. The Hall–Kier alpha value is -3.09. The molecule has 0 aliphatic rings. The molecular formula is C46H79N4O9P. The number of benzene rings is 1. The molecule has 1 aromatic heterocycles. The van der Waals surface area contributed by atoms with Gasteiger partial charge in [0, 0.05) is 36.5 Å². The summed E-state index contributed by atoms with van der Waals surface area (Å²) < 4.78 is 23.0. The van der Waals surface area contributed by atoms with Crippen LogP contribution in [-0.4, -0.2) is 76.4 Å². The molecule has 0 saturated carbocycles. The van der Waals surface area contributed by atoms with Crippen LogP contribution in [0, 0.1) is 5.92 Å².